The lowest BCUT2D eigenvalue weighted by atomic mass is 10.1. The van der Waals surface area contributed by atoms with Crippen LogP contribution in [-0.4, -0.2) is 42.5 Å². The molecule has 0 aliphatic carbocycles. The van der Waals surface area contributed by atoms with Gasteiger partial charge in [0.05, 0.1) is 26.1 Å². The number of benzene rings is 3. The second-order valence-electron chi connectivity index (χ2n) is 9.95. The zero-order valence-electron chi connectivity index (χ0n) is 25.9. The molecule has 3 N–H and O–H groups in total. The highest BCUT2D eigenvalue weighted by molar-refractivity contribution is 5.72. The Bertz CT molecular complexity index is 1530. The van der Waals surface area contributed by atoms with Gasteiger partial charge in [0.15, 0.2) is 0 Å². The van der Waals surface area contributed by atoms with Crippen LogP contribution in [0.15, 0.2) is 87.8 Å². The largest absolute Gasteiger partial charge is 0.426 e. The van der Waals surface area contributed by atoms with Crippen molar-refractivity contribution in [2.75, 3.05) is 0 Å². The summed E-state index contributed by atoms with van der Waals surface area (Å²) in [7, 11) is 0. The van der Waals surface area contributed by atoms with Crippen molar-refractivity contribution in [1.82, 2.24) is 16.0 Å². The third kappa shape index (κ3) is 12.5. The molecule has 0 radical (unpaired) electrons. The molecule has 0 heterocycles. The zero-order chi connectivity index (χ0) is 34.6. The van der Waals surface area contributed by atoms with Crippen molar-refractivity contribution in [3.63, 3.8) is 0 Å². The lowest BCUT2D eigenvalue weighted by Gasteiger charge is -2.30. The van der Waals surface area contributed by atoms with E-state index in [1.807, 2.05) is 0 Å². The topological polar surface area (TPSA) is 203 Å². The summed E-state index contributed by atoms with van der Waals surface area (Å²) >= 11 is 0. The van der Waals surface area contributed by atoms with Gasteiger partial charge in [-0.2, -0.15) is 0 Å². The number of carbonyl (C=O) groups is 3. The fourth-order valence-electron chi connectivity index (χ4n) is 4.22. The molecule has 0 atom stereocenters. The van der Waals surface area contributed by atoms with E-state index in [-0.39, 0.29) is 45.7 Å². The average Bonchev–Trinajstić information content (AvgIpc) is 3.10. The number of isocyanates is 3. The van der Waals surface area contributed by atoms with Crippen LogP contribution in [0.5, 0.6) is 0 Å². The highest BCUT2D eigenvalue weighted by Gasteiger charge is 2.42. The van der Waals surface area contributed by atoms with Crippen molar-refractivity contribution in [2.24, 2.45) is 15.0 Å². The molecule has 15 nitrogen and oxygen atoms in total. The number of hydrogen-bond acceptors (Lipinski definition) is 12. The van der Waals surface area contributed by atoms with Crippen LogP contribution in [0.4, 0.5) is 14.4 Å². The fourth-order valence-corrected chi connectivity index (χ4v) is 4.22. The maximum Gasteiger partial charge on any atom is 0.426 e. The summed E-state index contributed by atoms with van der Waals surface area (Å²) in [5.41, 5.74) is 4.06. The van der Waals surface area contributed by atoms with E-state index in [2.05, 4.69) is 30.9 Å². The smallest absolute Gasteiger partial charge is 0.371 e. The quantitative estimate of drug-likeness (QED) is 0.114. The molecule has 15 heteroatoms. The van der Waals surface area contributed by atoms with Gasteiger partial charge in [-0.25, -0.2) is 43.7 Å². The summed E-state index contributed by atoms with van der Waals surface area (Å²) in [6.07, 6.45) is 0.893. The molecule has 3 aromatic carbocycles. The van der Waals surface area contributed by atoms with Gasteiger partial charge < -0.3 is 30.2 Å². The molecule has 248 valence electrons. The molecule has 0 spiro atoms. The molecule has 0 saturated heterocycles. The third-order valence-electron chi connectivity index (χ3n) is 6.44. The van der Waals surface area contributed by atoms with E-state index in [4.69, 9.17) is 14.2 Å². The molecular weight excluding hydrogens is 624 g/mol. The average molecular weight is 657 g/mol. The van der Waals surface area contributed by atoms with E-state index < -0.39 is 24.3 Å². The maximum absolute atomic E-state index is 12.9. The molecule has 3 rings (SSSR count). The van der Waals surface area contributed by atoms with Gasteiger partial charge >= 0.3 is 24.3 Å². The number of nitrogens with one attached hydrogen (secondary N) is 3. The second kappa shape index (κ2) is 19.2. The molecule has 0 aliphatic heterocycles. The first kappa shape index (κ1) is 36.1. The number of carbonyl (C=O) groups excluding carboxylic acids is 6. The normalized spacial score (nSPS) is 11.2. The van der Waals surface area contributed by atoms with Gasteiger partial charge in [-0.1, -0.05) is 79.7 Å². The van der Waals surface area contributed by atoms with Crippen LogP contribution in [-0.2, 0) is 67.9 Å². The summed E-state index contributed by atoms with van der Waals surface area (Å²) in [6, 6.07) is 20.7. The van der Waals surface area contributed by atoms with Crippen LogP contribution < -0.4 is 16.0 Å². The van der Waals surface area contributed by atoms with Crippen molar-refractivity contribution in [3.05, 3.63) is 106 Å². The van der Waals surface area contributed by atoms with Crippen molar-refractivity contribution in [1.29, 1.82) is 0 Å². The van der Waals surface area contributed by atoms with Crippen molar-refractivity contribution in [2.45, 2.75) is 58.6 Å². The molecule has 3 aromatic rings. The van der Waals surface area contributed by atoms with Crippen molar-refractivity contribution >= 4 is 36.5 Å². The van der Waals surface area contributed by atoms with E-state index in [0.29, 0.717) is 33.4 Å². The summed E-state index contributed by atoms with van der Waals surface area (Å²) in [6.45, 7) is 1.74. The number of ether oxygens (including phenoxy) is 3. The molecule has 48 heavy (non-hydrogen) atoms. The van der Waals surface area contributed by atoms with Gasteiger partial charge in [0.25, 0.3) is 0 Å². The predicted molar refractivity (Wildman–Crippen MR) is 168 cm³/mol. The second-order valence-corrected chi connectivity index (χ2v) is 9.95. The lowest BCUT2D eigenvalue weighted by molar-refractivity contribution is -0.300. The summed E-state index contributed by atoms with van der Waals surface area (Å²) in [4.78, 5) is 80.7. The molecule has 3 amide bonds. The number of nitrogens with zero attached hydrogens (tertiary/aromatic N) is 3. The lowest BCUT2D eigenvalue weighted by Crippen LogP contribution is -2.49. The monoisotopic (exact) mass is 656 g/mol. The van der Waals surface area contributed by atoms with E-state index >= 15 is 0 Å². The highest BCUT2D eigenvalue weighted by atomic mass is 16.9. The Kier molecular flexibility index (Phi) is 14.4. The minimum absolute atomic E-state index is 0.0232. The Labute approximate surface area is 275 Å². The maximum atomic E-state index is 12.9. The number of alkyl carbamates (subject to hydrolysis) is 3. The van der Waals surface area contributed by atoms with Crippen LogP contribution >= 0.6 is 0 Å². The SMILES string of the molecule is CCC(OC(=O)NCc1cccc(CN=C=O)c1)(OC(=O)NCc1cccc(CN=C=O)c1)OC(=O)NCc1cccc(CN=C=O)c1. The number of aliphatic imine (C=N–C) groups is 3. The standard InChI is InChI=1S/C33H32N6O9/c1-2-33(46-30(43)37-18-27-9-3-6-24(12-27)15-34-21-40,47-31(44)38-19-28-10-4-7-25(13-28)16-35-22-41)48-32(45)39-20-29-11-5-8-26(14-29)17-36-23-42/h3-14H,2,15-20H2,1H3,(H,37,43)(H,38,44)(H,39,45). The van der Waals surface area contributed by atoms with Crippen LogP contribution in [0.25, 0.3) is 0 Å². The van der Waals surface area contributed by atoms with E-state index in [9.17, 15) is 28.8 Å². The Hall–Kier alpha value is -6.39. The van der Waals surface area contributed by atoms with Gasteiger partial charge in [-0.15, -0.1) is 0 Å². The van der Waals surface area contributed by atoms with Crippen molar-refractivity contribution in [3.8, 4) is 0 Å². The first-order chi connectivity index (χ1) is 23.3. The van der Waals surface area contributed by atoms with Crippen LogP contribution in [0.2, 0.25) is 0 Å². The number of hydrogen-bond donors (Lipinski definition) is 3. The molecule has 0 saturated carbocycles. The molecule has 0 aromatic heterocycles. The first-order valence-electron chi connectivity index (χ1n) is 14.5. The van der Waals surface area contributed by atoms with Crippen LogP contribution in [0, 0.1) is 0 Å². The molecule has 0 aliphatic rings. The Morgan fingerprint density at radius 2 is 0.854 bits per heavy atom. The first-order valence-corrected chi connectivity index (χ1v) is 14.5. The van der Waals surface area contributed by atoms with E-state index in [1.54, 1.807) is 72.8 Å². The minimum Gasteiger partial charge on any atom is -0.371 e. The number of rotatable bonds is 16. The van der Waals surface area contributed by atoms with E-state index in [1.165, 1.54) is 25.2 Å². The van der Waals surface area contributed by atoms with Gasteiger partial charge in [0, 0.05) is 19.6 Å². The summed E-state index contributed by atoms with van der Waals surface area (Å²) in [5.74, 6) is -2.49. The molecule has 0 unspecified atom stereocenters. The molecule has 0 fully saturated rings. The fraction of sp³-hybridized carbons (Fsp3) is 0.273. The predicted octanol–water partition coefficient (Wildman–Crippen LogP) is 4.34. The Morgan fingerprint density at radius 1 is 0.562 bits per heavy atom. The Morgan fingerprint density at radius 3 is 1.12 bits per heavy atom. The third-order valence-corrected chi connectivity index (χ3v) is 6.44. The van der Waals surface area contributed by atoms with Gasteiger partial charge in [-0.05, 0) is 33.4 Å². The highest BCUT2D eigenvalue weighted by Crippen LogP contribution is 2.22. The van der Waals surface area contributed by atoms with Crippen molar-refractivity contribution < 1.29 is 43.0 Å². The molecule has 0 bridgehead atoms. The minimum atomic E-state index is -2.49. The van der Waals surface area contributed by atoms with Gasteiger partial charge in [0.2, 0.25) is 18.2 Å². The van der Waals surface area contributed by atoms with Crippen LogP contribution in [0.1, 0.15) is 46.7 Å². The zero-order valence-corrected chi connectivity index (χ0v) is 25.9. The van der Waals surface area contributed by atoms with Crippen LogP contribution in [0.3, 0.4) is 0 Å². The summed E-state index contributed by atoms with van der Waals surface area (Å²) < 4.78 is 16.2. The molecular formula is C33H32N6O9. The Balaban J connectivity index is 1.71. The summed E-state index contributed by atoms with van der Waals surface area (Å²) in [5, 5.41) is 7.54. The van der Waals surface area contributed by atoms with Gasteiger partial charge in [0.1, 0.15) is 0 Å². The number of amides is 3. The van der Waals surface area contributed by atoms with Gasteiger partial charge in [-0.3, -0.25) is 0 Å². The van der Waals surface area contributed by atoms with E-state index in [0.717, 1.165) is 0 Å².